The molecule has 0 aliphatic rings. The second-order valence-electron chi connectivity index (χ2n) is 5.97. The lowest BCUT2D eigenvalue weighted by molar-refractivity contribution is 0.707. The van der Waals surface area contributed by atoms with Crippen LogP contribution in [0.1, 0.15) is 18.9 Å². The minimum Gasteiger partial charge on any atom is -0.372 e. The molecule has 6 nitrogen and oxygen atoms in total. The van der Waals surface area contributed by atoms with Crippen LogP contribution in [0.15, 0.2) is 47.7 Å². The number of aromatic nitrogens is 2. The van der Waals surface area contributed by atoms with Crippen LogP contribution in [0.5, 0.6) is 0 Å². The Bertz CT molecular complexity index is 640. The maximum Gasteiger partial charge on any atom is 0.190 e. The number of hydrogen-bond acceptors (Lipinski definition) is 3. The van der Waals surface area contributed by atoms with Crippen LogP contribution in [-0.4, -0.2) is 49.0 Å². The molecular weight excluding hydrogens is 439 g/mol. The molecule has 1 aromatic heterocycles. The van der Waals surface area contributed by atoms with Crippen molar-refractivity contribution in [2.24, 2.45) is 12.0 Å². The van der Waals surface area contributed by atoms with Crippen LogP contribution in [0.4, 0.5) is 5.69 Å². The second-order valence-corrected chi connectivity index (χ2v) is 5.97. The summed E-state index contributed by atoms with van der Waals surface area (Å²) in [6.45, 7) is 5.98. The Hall–Kier alpha value is -1.77. The van der Waals surface area contributed by atoms with Crippen LogP contribution < -0.4 is 15.5 Å². The van der Waals surface area contributed by atoms with E-state index in [9.17, 15) is 0 Å². The molecule has 0 saturated carbocycles. The number of benzene rings is 1. The quantitative estimate of drug-likeness (QED) is 0.256. The molecule has 0 aliphatic carbocycles. The van der Waals surface area contributed by atoms with Gasteiger partial charge in [0.05, 0.1) is 6.20 Å². The van der Waals surface area contributed by atoms with Gasteiger partial charge in [0.15, 0.2) is 5.96 Å². The number of aliphatic imine (C=N–C) groups is 1. The topological polar surface area (TPSA) is 57.5 Å². The van der Waals surface area contributed by atoms with Crippen LogP contribution in [0.3, 0.4) is 0 Å². The minimum atomic E-state index is 0. The molecule has 7 heteroatoms. The van der Waals surface area contributed by atoms with E-state index in [0.29, 0.717) is 0 Å². The van der Waals surface area contributed by atoms with E-state index < -0.39 is 0 Å². The first-order valence-electron chi connectivity index (χ1n) is 8.95. The van der Waals surface area contributed by atoms with Gasteiger partial charge in [0.2, 0.25) is 0 Å². The van der Waals surface area contributed by atoms with E-state index in [-0.39, 0.29) is 24.0 Å². The van der Waals surface area contributed by atoms with Gasteiger partial charge in [-0.25, -0.2) is 0 Å². The van der Waals surface area contributed by atoms with Gasteiger partial charge in [0.1, 0.15) is 0 Å². The van der Waals surface area contributed by atoms with Crippen molar-refractivity contribution in [3.05, 3.63) is 48.3 Å². The third-order valence-electron chi connectivity index (χ3n) is 4.09. The summed E-state index contributed by atoms with van der Waals surface area (Å²) in [5, 5.41) is 10.9. The number of nitrogens with one attached hydrogen (secondary N) is 2. The van der Waals surface area contributed by atoms with Gasteiger partial charge >= 0.3 is 0 Å². The zero-order chi connectivity index (χ0) is 17.9. The van der Waals surface area contributed by atoms with Gasteiger partial charge in [-0.2, -0.15) is 5.10 Å². The third-order valence-corrected chi connectivity index (χ3v) is 4.09. The monoisotopic (exact) mass is 470 g/mol. The van der Waals surface area contributed by atoms with E-state index in [1.807, 2.05) is 31.2 Å². The van der Waals surface area contributed by atoms with Crippen molar-refractivity contribution in [1.29, 1.82) is 0 Å². The number of anilines is 1. The van der Waals surface area contributed by atoms with Crippen LogP contribution in [0.25, 0.3) is 0 Å². The highest BCUT2D eigenvalue weighted by molar-refractivity contribution is 14.0. The largest absolute Gasteiger partial charge is 0.372 e. The van der Waals surface area contributed by atoms with Gasteiger partial charge in [-0.05, 0) is 37.5 Å². The predicted molar refractivity (Wildman–Crippen MR) is 121 cm³/mol. The fourth-order valence-corrected chi connectivity index (χ4v) is 2.73. The summed E-state index contributed by atoms with van der Waals surface area (Å²) in [5.41, 5.74) is 2.51. The van der Waals surface area contributed by atoms with Gasteiger partial charge in [0.25, 0.3) is 0 Å². The van der Waals surface area contributed by atoms with Crippen molar-refractivity contribution < 1.29 is 0 Å². The third kappa shape index (κ3) is 7.63. The molecule has 0 unspecified atom stereocenters. The van der Waals surface area contributed by atoms with Crippen molar-refractivity contribution >= 4 is 35.6 Å². The van der Waals surface area contributed by atoms with Crippen LogP contribution in [0.2, 0.25) is 0 Å². The summed E-state index contributed by atoms with van der Waals surface area (Å²) in [7, 11) is 3.74. The first-order valence-corrected chi connectivity index (χ1v) is 8.95. The molecule has 2 N–H and O–H groups in total. The fraction of sp³-hybridized carbons (Fsp3) is 0.474. The highest BCUT2D eigenvalue weighted by Gasteiger charge is 2.04. The van der Waals surface area contributed by atoms with Crippen molar-refractivity contribution in [3.8, 4) is 0 Å². The van der Waals surface area contributed by atoms with E-state index in [1.54, 1.807) is 0 Å². The molecule has 0 saturated heterocycles. The SMILES string of the molecule is CCN(CCCNC(=NC)NCCc1cnn(C)c1)c1ccccc1.I. The molecule has 0 aliphatic heterocycles. The van der Waals surface area contributed by atoms with Crippen molar-refractivity contribution in [1.82, 2.24) is 20.4 Å². The Morgan fingerprint density at radius 3 is 2.54 bits per heavy atom. The fourth-order valence-electron chi connectivity index (χ4n) is 2.73. The Balaban J connectivity index is 0.00000338. The zero-order valence-electron chi connectivity index (χ0n) is 16.0. The summed E-state index contributed by atoms with van der Waals surface area (Å²) in [6.07, 6.45) is 5.94. The second kappa shape index (κ2) is 12.6. The standard InChI is InChI=1S/C19H30N6.HI/c1-4-25(18-9-6-5-7-10-18)14-8-12-21-19(20-2)22-13-11-17-15-23-24(3)16-17;/h5-7,9-10,15-16H,4,8,11-14H2,1-3H3,(H2,20,21,22);1H. The minimum absolute atomic E-state index is 0. The molecular formula is C19H31IN6. The first-order chi connectivity index (χ1) is 12.2. The maximum atomic E-state index is 4.28. The number of guanidine groups is 1. The summed E-state index contributed by atoms with van der Waals surface area (Å²) < 4.78 is 1.83. The van der Waals surface area contributed by atoms with Gasteiger partial charge in [-0.1, -0.05) is 18.2 Å². The normalized spacial score (nSPS) is 11.0. The molecule has 0 amide bonds. The number of rotatable bonds is 9. The summed E-state index contributed by atoms with van der Waals surface area (Å²) in [6, 6.07) is 10.6. The van der Waals surface area contributed by atoms with E-state index in [2.05, 4.69) is 62.9 Å². The molecule has 0 atom stereocenters. The number of hydrogen-bond donors (Lipinski definition) is 2. The molecule has 144 valence electrons. The Morgan fingerprint density at radius 2 is 1.92 bits per heavy atom. The van der Waals surface area contributed by atoms with E-state index in [4.69, 9.17) is 0 Å². The molecule has 0 radical (unpaired) electrons. The van der Waals surface area contributed by atoms with E-state index in [1.165, 1.54) is 11.3 Å². The molecule has 1 heterocycles. The van der Waals surface area contributed by atoms with E-state index >= 15 is 0 Å². The maximum absolute atomic E-state index is 4.28. The highest BCUT2D eigenvalue weighted by atomic mass is 127. The van der Waals surface area contributed by atoms with Crippen LogP contribution in [-0.2, 0) is 13.5 Å². The number of halogens is 1. The number of para-hydroxylation sites is 1. The summed E-state index contributed by atoms with van der Waals surface area (Å²) >= 11 is 0. The molecule has 0 fully saturated rings. The molecule has 0 spiro atoms. The molecule has 1 aromatic carbocycles. The molecule has 2 aromatic rings. The van der Waals surface area contributed by atoms with Crippen molar-refractivity contribution in [3.63, 3.8) is 0 Å². The lowest BCUT2D eigenvalue weighted by Crippen LogP contribution is -2.39. The van der Waals surface area contributed by atoms with Gasteiger partial charge < -0.3 is 15.5 Å². The summed E-state index contributed by atoms with van der Waals surface area (Å²) in [4.78, 5) is 6.67. The average molecular weight is 470 g/mol. The summed E-state index contributed by atoms with van der Waals surface area (Å²) in [5.74, 6) is 0.853. The average Bonchev–Trinajstić information content (AvgIpc) is 3.06. The Labute approximate surface area is 174 Å². The molecule has 2 rings (SSSR count). The van der Waals surface area contributed by atoms with Crippen LogP contribution >= 0.6 is 24.0 Å². The highest BCUT2D eigenvalue weighted by Crippen LogP contribution is 2.12. The van der Waals surface area contributed by atoms with Crippen molar-refractivity contribution in [2.75, 3.05) is 38.1 Å². The Kier molecular flexibility index (Phi) is 10.8. The van der Waals surface area contributed by atoms with E-state index in [0.717, 1.165) is 45.0 Å². The number of nitrogens with zero attached hydrogens (tertiary/aromatic N) is 4. The lowest BCUT2D eigenvalue weighted by Gasteiger charge is -2.23. The van der Waals surface area contributed by atoms with Gasteiger partial charge in [0, 0.05) is 52.2 Å². The lowest BCUT2D eigenvalue weighted by atomic mass is 10.2. The van der Waals surface area contributed by atoms with Gasteiger partial charge in [-0.15, -0.1) is 24.0 Å². The predicted octanol–water partition coefficient (Wildman–Crippen LogP) is 2.66. The van der Waals surface area contributed by atoms with Crippen LogP contribution in [0, 0.1) is 0 Å². The zero-order valence-corrected chi connectivity index (χ0v) is 18.3. The molecule has 26 heavy (non-hydrogen) atoms. The molecule has 0 bridgehead atoms. The smallest absolute Gasteiger partial charge is 0.190 e. The Morgan fingerprint density at radius 1 is 1.19 bits per heavy atom. The van der Waals surface area contributed by atoms with Gasteiger partial charge in [-0.3, -0.25) is 9.67 Å². The first kappa shape index (κ1) is 22.3. The van der Waals surface area contributed by atoms with Crippen molar-refractivity contribution in [2.45, 2.75) is 19.8 Å². The number of aryl methyl sites for hydroxylation is 1.